The van der Waals surface area contributed by atoms with Crippen LogP contribution in [0.1, 0.15) is 5.56 Å². The number of hydrogen-bond donors (Lipinski definition) is 0. The average molecular weight is 282 g/mol. The van der Waals surface area contributed by atoms with Crippen LogP contribution in [-0.4, -0.2) is 0 Å². The Morgan fingerprint density at radius 3 is 2.47 bits per heavy atom. The lowest BCUT2D eigenvalue weighted by Gasteiger charge is -2.07. The van der Waals surface area contributed by atoms with E-state index < -0.39 is 0 Å². The van der Waals surface area contributed by atoms with Crippen LogP contribution in [0.4, 0.5) is 0 Å². The highest BCUT2D eigenvalue weighted by atomic mass is 79.9. The Labute approximate surface area is 103 Å². The van der Waals surface area contributed by atoms with Gasteiger partial charge in [0.1, 0.15) is 0 Å². The second kappa shape index (κ2) is 4.38. The third-order valence-electron chi connectivity index (χ3n) is 2.27. The van der Waals surface area contributed by atoms with E-state index in [2.05, 4.69) is 41.1 Å². The van der Waals surface area contributed by atoms with E-state index in [0.717, 1.165) is 20.6 Å². The molecule has 0 heterocycles. The van der Waals surface area contributed by atoms with Crippen molar-refractivity contribution < 1.29 is 0 Å². The molecule has 0 radical (unpaired) electrons. The van der Waals surface area contributed by atoms with Gasteiger partial charge in [0.25, 0.3) is 0 Å². The van der Waals surface area contributed by atoms with Crippen molar-refractivity contribution in [2.45, 2.75) is 6.92 Å². The SMILES string of the molecule is Cc1cccc(-c2c(Cl)cccc2Br)c1. The van der Waals surface area contributed by atoms with Gasteiger partial charge in [-0.1, -0.05) is 63.4 Å². The van der Waals surface area contributed by atoms with E-state index in [1.807, 2.05) is 24.3 Å². The summed E-state index contributed by atoms with van der Waals surface area (Å²) in [4.78, 5) is 0. The van der Waals surface area contributed by atoms with Crippen LogP contribution in [-0.2, 0) is 0 Å². The molecular formula is C13H10BrCl. The minimum atomic E-state index is 0.773. The third kappa shape index (κ3) is 2.24. The molecule has 0 unspecified atom stereocenters. The maximum Gasteiger partial charge on any atom is 0.0495 e. The van der Waals surface area contributed by atoms with Gasteiger partial charge < -0.3 is 0 Å². The fourth-order valence-electron chi connectivity index (χ4n) is 1.57. The van der Waals surface area contributed by atoms with E-state index in [1.54, 1.807) is 0 Å². The van der Waals surface area contributed by atoms with Crippen molar-refractivity contribution in [3.8, 4) is 11.1 Å². The summed E-state index contributed by atoms with van der Waals surface area (Å²) in [6.45, 7) is 2.08. The van der Waals surface area contributed by atoms with Crippen LogP contribution in [0.3, 0.4) is 0 Å². The van der Waals surface area contributed by atoms with Crippen LogP contribution < -0.4 is 0 Å². The molecule has 76 valence electrons. The topological polar surface area (TPSA) is 0 Å². The van der Waals surface area contributed by atoms with Gasteiger partial charge in [0.2, 0.25) is 0 Å². The summed E-state index contributed by atoms with van der Waals surface area (Å²) in [6, 6.07) is 14.2. The number of rotatable bonds is 1. The fourth-order valence-corrected chi connectivity index (χ4v) is 2.57. The maximum absolute atomic E-state index is 6.19. The molecule has 0 spiro atoms. The van der Waals surface area contributed by atoms with Crippen LogP contribution in [0, 0.1) is 6.92 Å². The first-order valence-corrected chi connectivity index (χ1v) is 5.86. The van der Waals surface area contributed by atoms with Crippen molar-refractivity contribution in [3.63, 3.8) is 0 Å². The number of benzene rings is 2. The molecule has 0 aromatic heterocycles. The highest BCUT2D eigenvalue weighted by Crippen LogP contribution is 2.34. The van der Waals surface area contributed by atoms with Crippen LogP contribution in [0.2, 0.25) is 5.02 Å². The Balaban J connectivity index is 2.63. The van der Waals surface area contributed by atoms with Crippen molar-refractivity contribution >= 4 is 27.5 Å². The lowest BCUT2D eigenvalue weighted by atomic mass is 10.0. The van der Waals surface area contributed by atoms with Crippen molar-refractivity contribution in [2.75, 3.05) is 0 Å². The van der Waals surface area contributed by atoms with E-state index in [1.165, 1.54) is 5.56 Å². The average Bonchev–Trinajstić information content (AvgIpc) is 2.17. The zero-order chi connectivity index (χ0) is 10.8. The molecular weight excluding hydrogens is 272 g/mol. The van der Waals surface area contributed by atoms with Crippen LogP contribution in [0.25, 0.3) is 11.1 Å². The van der Waals surface area contributed by atoms with Gasteiger partial charge in [0.15, 0.2) is 0 Å². The molecule has 0 saturated carbocycles. The molecule has 2 aromatic rings. The minimum Gasteiger partial charge on any atom is -0.0836 e. The predicted molar refractivity (Wildman–Crippen MR) is 69.3 cm³/mol. The predicted octanol–water partition coefficient (Wildman–Crippen LogP) is 5.08. The molecule has 0 nitrogen and oxygen atoms in total. The summed E-state index contributed by atoms with van der Waals surface area (Å²) >= 11 is 9.71. The van der Waals surface area contributed by atoms with Gasteiger partial charge in [-0.25, -0.2) is 0 Å². The van der Waals surface area contributed by atoms with E-state index in [-0.39, 0.29) is 0 Å². The summed E-state index contributed by atoms with van der Waals surface area (Å²) in [6.07, 6.45) is 0. The fraction of sp³-hybridized carbons (Fsp3) is 0.0769. The van der Waals surface area contributed by atoms with Gasteiger partial charge in [-0.3, -0.25) is 0 Å². The first-order chi connectivity index (χ1) is 7.18. The summed E-state index contributed by atoms with van der Waals surface area (Å²) in [5.41, 5.74) is 3.44. The smallest absolute Gasteiger partial charge is 0.0495 e. The Morgan fingerprint density at radius 2 is 1.80 bits per heavy atom. The Morgan fingerprint density at radius 1 is 1.07 bits per heavy atom. The summed E-state index contributed by atoms with van der Waals surface area (Å²) in [5, 5.41) is 0.773. The molecule has 0 atom stereocenters. The molecule has 0 aliphatic carbocycles. The van der Waals surface area contributed by atoms with Crippen molar-refractivity contribution in [1.29, 1.82) is 0 Å². The second-order valence-electron chi connectivity index (χ2n) is 3.47. The highest BCUT2D eigenvalue weighted by molar-refractivity contribution is 9.10. The number of halogens is 2. The van der Waals surface area contributed by atoms with Gasteiger partial charge in [-0.15, -0.1) is 0 Å². The summed E-state index contributed by atoms with van der Waals surface area (Å²) < 4.78 is 1.03. The molecule has 0 amide bonds. The quantitative estimate of drug-likeness (QED) is 0.684. The third-order valence-corrected chi connectivity index (χ3v) is 3.25. The van der Waals surface area contributed by atoms with Crippen LogP contribution in [0.5, 0.6) is 0 Å². The van der Waals surface area contributed by atoms with E-state index >= 15 is 0 Å². The summed E-state index contributed by atoms with van der Waals surface area (Å²) in [5.74, 6) is 0. The molecule has 0 aliphatic rings. The Kier molecular flexibility index (Phi) is 3.13. The standard InChI is InChI=1S/C13H10BrCl/c1-9-4-2-5-10(8-9)13-11(14)6-3-7-12(13)15/h2-8H,1H3. The maximum atomic E-state index is 6.19. The van der Waals surface area contributed by atoms with Gasteiger partial charge in [0, 0.05) is 15.1 Å². The van der Waals surface area contributed by atoms with E-state index in [0.29, 0.717) is 0 Å². The van der Waals surface area contributed by atoms with Gasteiger partial charge in [-0.05, 0) is 24.6 Å². The molecule has 0 fully saturated rings. The van der Waals surface area contributed by atoms with Crippen molar-refractivity contribution in [3.05, 3.63) is 57.5 Å². The minimum absolute atomic E-state index is 0.773. The van der Waals surface area contributed by atoms with Gasteiger partial charge in [-0.2, -0.15) is 0 Å². The molecule has 0 N–H and O–H groups in total. The number of aryl methyl sites for hydroxylation is 1. The lowest BCUT2D eigenvalue weighted by molar-refractivity contribution is 1.46. The second-order valence-corrected chi connectivity index (χ2v) is 4.73. The monoisotopic (exact) mass is 280 g/mol. The Bertz CT molecular complexity index is 471. The molecule has 0 aliphatic heterocycles. The number of hydrogen-bond acceptors (Lipinski definition) is 0. The van der Waals surface area contributed by atoms with E-state index in [4.69, 9.17) is 11.6 Å². The zero-order valence-corrected chi connectivity index (χ0v) is 10.6. The largest absolute Gasteiger partial charge is 0.0836 e. The Hall–Kier alpha value is -0.790. The summed E-state index contributed by atoms with van der Waals surface area (Å²) in [7, 11) is 0. The van der Waals surface area contributed by atoms with Crippen LogP contribution in [0.15, 0.2) is 46.9 Å². The normalized spacial score (nSPS) is 10.3. The lowest BCUT2D eigenvalue weighted by Crippen LogP contribution is -1.82. The first-order valence-electron chi connectivity index (χ1n) is 4.69. The molecule has 2 heteroatoms. The van der Waals surface area contributed by atoms with Crippen LogP contribution >= 0.6 is 27.5 Å². The molecule has 0 saturated heterocycles. The highest BCUT2D eigenvalue weighted by Gasteiger charge is 2.06. The van der Waals surface area contributed by atoms with E-state index in [9.17, 15) is 0 Å². The molecule has 15 heavy (non-hydrogen) atoms. The van der Waals surface area contributed by atoms with Crippen molar-refractivity contribution in [1.82, 2.24) is 0 Å². The van der Waals surface area contributed by atoms with Crippen molar-refractivity contribution in [2.24, 2.45) is 0 Å². The van der Waals surface area contributed by atoms with Gasteiger partial charge in [0.05, 0.1) is 0 Å². The first kappa shape index (κ1) is 10.7. The molecule has 2 rings (SSSR count). The zero-order valence-electron chi connectivity index (χ0n) is 8.30. The molecule has 0 bridgehead atoms. The van der Waals surface area contributed by atoms with Gasteiger partial charge >= 0.3 is 0 Å². The molecule has 2 aromatic carbocycles.